The molecule has 2 aromatic rings. The molecule has 0 fully saturated rings. The highest BCUT2D eigenvalue weighted by Crippen LogP contribution is 2.15. The van der Waals surface area contributed by atoms with Crippen LogP contribution < -0.4 is 15.4 Å². The maximum atomic E-state index is 12.2. The third kappa shape index (κ3) is 4.99. The molecule has 2 N–H and O–H groups in total. The molecule has 0 radical (unpaired) electrons. The van der Waals surface area contributed by atoms with E-state index in [-0.39, 0.29) is 23.1 Å². The van der Waals surface area contributed by atoms with Crippen LogP contribution in [0.1, 0.15) is 30.6 Å². The van der Waals surface area contributed by atoms with Crippen LogP contribution in [-0.4, -0.2) is 37.3 Å². The number of hydrogen-bond acceptors (Lipinski definition) is 6. The first-order valence-electron chi connectivity index (χ1n) is 7.11. The van der Waals surface area contributed by atoms with Crippen molar-refractivity contribution in [3.63, 3.8) is 0 Å². The summed E-state index contributed by atoms with van der Waals surface area (Å²) in [4.78, 5) is 13.5. The van der Waals surface area contributed by atoms with Crippen molar-refractivity contribution in [2.45, 2.75) is 26.4 Å². The Morgan fingerprint density at radius 2 is 2.26 bits per heavy atom. The van der Waals surface area contributed by atoms with Gasteiger partial charge in [-0.15, -0.1) is 5.10 Å². The molecule has 1 aromatic carbocycles. The van der Waals surface area contributed by atoms with Gasteiger partial charge >= 0.3 is 0 Å². The molecule has 122 valence electrons. The van der Waals surface area contributed by atoms with Gasteiger partial charge in [-0.25, -0.2) is 0 Å². The molecule has 2 rings (SSSR count). The lowest BCUT2D eigenvalue weighted by Crippen LogP contribution is -2.34. The molecule has 9 heteroatoms. The standard InChI is InChI=1S/C14H18N6O2S/c1-4-9(2)22-11-7-5-6-10(8-11)12(21)15-14(23)16-13-17-19-20(3)18-13/h5-9H,4H2,1-3H3,(H2,15,16,18,21,23). The minimum atomic E-state index is -0.346. The van der Waals surface area contributed by atoms with Crippen molar-refractivity contribution in [2.75, 3.05) is 5.32 Å². The molecular weight excluding hydrogens is 316 g/mol. The maximum absolute atomic E-state index is 12.2. The smallest absolute Gasteiger partial charge is 0.269 e. The molecule has 23 heavy (non-hydrogen) atoms. The average molecular weight is 334 g/mol. The van der Waals surface area contributed by atoms with Crippen LogP contribution in [0.15, 0.2) is 24.3 Å². The van der Waals surface area contributed by atoms with Gasteiger partial charge in [-0.3, -0.25) is 15.4 Å². The molecule has 1 unspecified atom stereocenters. The SMILES string of the molecule is CCC(C)Oc1cccc(C(=O)NC(=S)Nc2nnn(C)n2)c1. The van der Waals surface area contributed by atoms with Crippen LogP contribution in [0.25, 0.3) is 0 Å². The summed E-state index contributed by atoms with van der Waals surface area (Å²) in [5, 5.41) is 16.6. The van der Waals surface area contributed by atoms with E-state index in [4.69, 9.17) is 17.0 Å². The second kappa shape index (κ2) is 7.63. The predicted octanol–water partition coefficient (Wildman–Crippen LogP) is 1.51. The molecule has 0 aliphatic heterocycles. The molecule has 1 atom stereocenters. The number of nitrogens with one attached hydrogen (secondary N) is 2. The molecule has 0 saturated carbocycles. The van der Waals surface area contributed by atoms with Crippen LogP contribution in [0.3, 0.4) is 0 Å². The number of carbonyl (C=O) groups excluding carboxylic acids is 1. The van der Waals surface area contributed by atoms with Gasteiger partial charge < -0.3 is 4.74 Å². The number of tetrazole rings is 1. The summed E-state index contributed by atoms with van der Waals surface area (Å²) in [5.74, 6) is 0.508. The van der Waals surface area contributed by atoms with Crippen LogP contribution in [0.4, 0.5) is 5.95 Å². The molecule has 0 spiro atoms. The molecule has 0 bridgehead atoms. The van der Waals surface area contributed by atoms with Crippen LogP contribution in [-0.2, 0) is 7.05 Å². The monoisotopic (exact) mass is 334 g/mol. The topological polar surface area (TPSA) is 94.0 Å². The van der Waals surface area contributed by atoms with E-state index in [9.17, 15) is 4.79 Å². The Morgan fingerprint density at radius 3 is 2.91 bits per heavy atom. The highest BCUT2D eigenvalue weighted by atomic mass is 32.1. The van der Waals surface area contributed by atoms with Crippen molar-refractivity contribution in [1.82, 2.24) is 25.5 Å². The third-order valence-corrected chi connectivity index (χ3v) is 3.17. The number of aryl methyl sites for hydroxylation is 1. The number of carbonyl (C=O) groups is 1. The minimum absolute atomic E-state index is 0.0822. The average Bonchev–Trinajstić information content (AvgIpc) is 2.92. The van der Waals surface area contributed by atoms with E-state index in [2.05, 4.69) is 26.0 Å². The van der Waals surface area contributed by atoms with Crippen molar-refractivity contribution in [2.24, 2.45) is 7.05 Å². The van der Waals surface area contributed by atoms with Gasteiger partial charge in [0, 0.05) is 5.56 Å². The van der Waals surface area contributed by atoms with Crippen LogP contribution in [0, 0.1) is 0 Å². The van der Waals surface area contributed by atoms with E-state index in [1.807, 2.05) is 19.9 Å². The lowest BCUT2D eigenvalue weighted by molar-refractivity contribution is 0.0977. The number of rotatable bonds is 5. The second-order valence-corrected chi connectivity index (χ2v) is 5.28. The maximum Gasteiger partial charge on any atom is 0.269 e. The van der Waals surface area contributed by atoms with Gasteiger partial charge in [0.25, 0.3) is 11.9 Å². The lowest BCUT2D eigenvalue weighted by atomic mass is 10.2. The van der Waals surface area contributed by atoms with Crippen LogP contribution in [0.2, 0.25) is 0 Å². The Hall–Kier alpha value is -2.55. The van der Waals surface area contributed by atoms with Crippen LogP contribution >= 0.6 is 12.2 Å². The molecule has 8 nitrogen and oxygen atoms in total. The van der Waals surface area contributed by atoms with Gasteiger partial charge in [0.05, 0.1) is 13.2 Å². The highest BCUT2D eigenvalue weighted by molar-refractivity contribution is 7.80. The Balaban J connectivity index is 1.97. The summed E-state index contributed by atoms with van der Waals surface area (Å²) < 4.78 is 5.70. The molecule has 0 aliphatic rings. The number of aromatic nitrogens is 4. The van der Waals surface area contributed by atoms with Gasteiger partial charge in [-0.05, 0) is 49.0 Å². The van der Waals surface area contributed by atoms with Crippen molar-refractivity contribution in [1.29, 1.82) is 0 Å². The molecule has 1 aromatic heterocycles. The van der Waals surface area contributed by atoms with Gasteiger partial charge in [0.1, 0.15) is 5.75 Å². The van der Waals surface area contributed by atoms with Gasteiger partial charge in [0.2, 0.25) is 0 Å². The van der Waals surface area contributed by atoms with Crippen molar-refractivity contribution in [3.8, 4) is 5.75 Å². The van der Waals surface area contributed by atoms with E-state index in [1.54, 1.807) is 25.2 Å². The summed E-state index contributed by atoms with van der Waals surface area (Å²) in [6.07, 6.45) is 0.967. The van der Waals surface area contributed by atoms with E-state index in [1.165, 1.54) is 4.80 Å². The summed E-state index contributed by atoms with van der Waals surface area (Å²) in [6.45, 7) is 4.01. The molecule has 1 heterocycles. The zero-order chi connectivity index (χ0) is 16.8. The number of nitrogens with zero attached hydrogens (tertiary/aromatic N) is 4. The fourth-order valence-electron chi connectivity index (χ4n) is 1.67. The van der Waals surface area contributed by atoms with Crippen LogP contribution in [0.5, 0.6) is 5.75 Å². The first-order valence-corrected chi connectivity index (χ1v) is 7.51. The van der Waals surface area contributed by atoms with E-state index >= 15 is 0 Å². The first-order chi connectivity index (χ1) is 11.0. The largest absolute Gasteiger partial charge is 0.491 e. The number of amides is 1. The highest BCUT2D eigenvalue weighted by Gasteiger charge is 2.11. The van der Waals surface area contributed by atoms with E-state index in [0.29, 0.717) is 11.3 Å². The number of thiocarbonyl (C=S) groups is 1. The van der Waals surface area contributed by atoms with E-state index < -0.39 is 0 Å². The van der Waals surface area contributed by atoms with Gasteiger partial charge in [-0.1, -0.05) is 18.1 Å². The summed E-state index contributed by atoms with van der Waals surface area (Å²) in [5.41, 5.74) is 0.446. The lowest BCUT2D eigenvalue weighted by Gasteiger charge is -2.13. The minimum Gasteiger partial charge on any atom is -0.491 e. The zero-order valence-electron chi connectivity index (χ0n) is 13.1. The first kappa shape index (κ1) is 16.8. The predicted molar refractivity (Wildman–Crippen MR) is 89.3 cm³/mol. The zero-order valence-corrected chi connectivity index (χ0v) is 13.9. The van der Waals surface area contributed by atoms with Crippen molar-refractivity contribution in [3.05, 3.63) is 29.8 Å². The number of ether oxygens (including phenoxy) is 1. The fourth-order valence-corrected chi connectivity index (χ4v) is 1.85. The fraction of sp³-hybridized carbons (Fsp3) is 0.357. The summed E-state index contributed by atoms with van der Waals surface area (Å²) >= 11 is 5.05. The second-order valence-electron chi connectivity index (χ2n) is 4.88. The Kier molecular flexibility index (Phi) is 5.58. The molecule has 0 aliphatic carbocycles. The number of hydrogen-bond donors (Lipinski definition) is 2. The molecule has 1 amide bonds. The molecular formula is C14H18N6O2S. The number of anilines is 1. The van der Waals surface area contributed by atoms with Gasteiger partial charge in [0.15, 0.2) is 5.11 Å². The van der Waals surface area contributed by atoms with E-state index in [0.717, 1.165) is 6.42 Å². The summed E-state index contributed by atoms with van der Waals surface area (Å²) in [7, 11) is 1.63. The number of benzene rings is 1. The van der Waals surface area contributed by atoms with Crippen molar-refractivity contribution >= 4 is 29.2 Å². The third-order valence-electron chi connectivity index (χ3n) is 2.97. The normalized spacial score (nSPS) is 11.6. The quantitative estimate of drug-likeness (QED) is 0.801. The molecule has 0 saturated heterocycles. The Bertz CT molecular complexity index is 702. The van der Waals surface area contributed by atoms with Crippen molar-refractivity contribution < 1.29 is 9.53 Å². The Morgan fingerprint density at radius 1 is 1.48 bits per heavy atom. The van der Waals surface area contributed by atoms with Gasteiger partial charge in [-0.2, -0.15) is 4.80 Å². The summed E-state index contributed by atoms with van der Waals surface area (Å²) in [6, 6.07) is 6.92. The Labute approximate surface area is 139 Å².